The zero-order valence-electron chi connectivity index (χ0n) is 26.3. The summed E-state index contributed by atoms with van der Waals surface area (Å²) in [5, 5.41) is 5.97. The fourth-order valence-electron chi connectivity index (χ4n) is 6.97. The Hall–Kier alpha value is -6.38. The van der Waals surface area contributed by atoms with E-state index in [-0.39, 0.29) is 0 Å². The third kappa shape index (κ3) is 4.83. The summed E-state index contributed by atoms with van der Waals surface area (Å²) in [5.41, 5.74) is 9.73. The number of fused-ring (bicyclic) bond motifs is 3. The van der Waals surface area contributed by atoms with Gasteiger partial charge in [0.1, 0.15) is 11.3 Å². The minimum Gasteiger partial charge on any atom is -0.455 e. The molecule has 1 heterocycles. The van der Waals surface area contributed by atoms with Crippen molar-refractivity contribution in [2.24, 2.45) is 0 Å². The van der Waals surface area contributed by atoms with Crippen molar-refractivity contribution in [1.82, 2.24) is 0 Å². The lowest BCUT2D eigenvalue weighted by molar-refractivity contribution is 0.632. The molecule has 0 aliphatic carbocycles. The molecule has 0 unspecified atom stereocenters. The van der Waals surface area contributed by atoms with Gasteiger partial charge in [-0.2, -0.15) is 0 Å². The molecule has 226 valence electrons. The van der Waals surface area contributed by atoms with Crippen LogP contribution in [0.5, 0.6) is 0 Å². The summed E-state index contributed by atoms with van der Waals surface area (Å²) in [7, 11) is 0. The van der Waals surface area contributed by atoms with Gasteiger partial charge in [-0.3, -0.25) is 0 Å². The minimum atomic E-state index is 0.857. The fourth-order valence-corrected chi connectivity index (χ4v) is 6.97. The van der Waals surface area contributed by atoms with E-state index in [4.69, 9.17) is 4.42 Å². The van der Waals surface area contributed by atoms with Crippen molar-refractivity contribution < 1.29 is 4.42 Å². The maximum Gasteiger partial charge on any atom is 0.145 e. The Bertz CT molecular complexity index is 2560. The summed E-state index contributed by atoms with van der Waals surface area (Å²) in [4.78, 5) is 2.38. The second-order valence-corrected chi connectivity index (χ2v) is 12.1. The van der Waals surface area contributed by atoms with Gasteiger partial charge in [-0.15, -0.1) is 0 Å². The number of furan rings is 1. The van der Waals surface area contributed by atoms with Crippen LogP contribution in [-0.4, -0.2) is 0 Å². The molecular weight excluding hydrogens is 583 g/mol. The van der Waals surface area contributed by atoms with Crippen LogP contribution in [0.15, 0.2) is 192 Å². The van der Waals surface area contributed by atoms with Crippen molar-refractivity contribution in [3.63, 3.8) is 0 Å². The second-order valence-electron chi connectivity index (χ2n) is 12.1. The highest BCUT2D eigenvalue weighted by molar-refractivity contribution is 6.06. The lowest BCUT2D eigenvalue weighted by atomic mass is 9.96. The van der Waals surface area contributed by atoms with Crippen LogP contribution in [0.3, 0.4) is 0 Å². The number of anilines is 3. The van der Waals surface area contributed by atoms with Crippen LogP contribution < -0.4 is 4.90 Å². The number of para-hydroxylation sites is 2. The minimum absolute atomic E-state index is 0.857. The van der Waals surface area contributed by atoms with Gasteiger partial charge in [0.2, 0.25) is 0 Å². The number of benzene rings is 8. The van der Waals surface area contributed by atoms with Crippen LogP contribution in [0, 0.1) is 0 Å². The summed E-state index contributed by atoms with van der Waals surface area (Å²) >= 11 is 0. The first-order valence-electron chi connectivity index (χ1n) is 16.4. The fraction of sp³-hybridized carbons (Fsp3) is 0. The first kappa shape index (κ1) is 27.9. The first-order chi connectivity index (χ1) is 23.8. The summed E-state index contributed by atoms with van der Waals surface area (Å²) < 4.78 is 6.78. The van der Waals surface area contributed by atoms with Gasteiger partial charge in [-0.05, 0) is 75.3 Å². The molecule has 0 atom stereocenters. The van der Waals surface area contributed by atoms with E-state index in [2.05, 4.69) is 187 Å². The molecule has 0 aliphatic rings. The van der Waals surface area contributed by atoms with Gasteiger partial charge in [0.05, 0.1) is 11.4 Å². The van der Waals surface area contributed by atoms with Gasteiger partial charge in [-0.1, -0.05) is 146 Å². The molecule has 0 saturated carbocycles. The van der Waals surface area contributed by atoms with Crippen molar-refractivity contribution >= 4 is 49.6 Å². The molecule has 0 N–H and O–H groups in total. The topological polar surface area (TPSA) is 16.4 Å². The lowest BCUT2D eigenvalue weighted by Gasteiger charge is -2.29. The predicted octanol–water partition coefficient (Wildman–Crippen LogP) is 13.2. The van der Waals surface area contributed by atoms with E-state index >= 15 is 0 Å². The van der Waals surface area contributed by atoms with E-state index in [1.807, 2.05) is 6.07 Å². The number of nitrogens with zero attached hydrogens (tertiary/aromatic N) is 1. The van der Waals surface area contributed by atoms with E-state index in [0.717, 1.165) is 50.5 Å². The molecule has 8 aromatic carbocycles. The van der Waals surface area contributed by atoms with E-state index in [9.17, 15) is 0 Å². The van der Waals surface area contributed by atoms with Crippen molar-refractivity contribution in [3.05, 3.63) is 188 Å². The molecule has 2 heteroatoms. The average molecular weight is 614 g/mol. The largest absolute Gasteiger partial charge is 0.455 e. The molecule has 1 aromatic heterocycles. The van der Waals surface area contributed by atoms with Crippen molar-refractivity contribution in [3.8, 4) is 33.6 Å². The summed E-state index contributed by atoms with van der Waals surface area (Å²) in [6, 6.07) is 66.8. The van der Waals surface area contributed by atoms with Crippen molar-refractivity contribution in [1.29, 1.82) is 0 Å². The van der Waals surface area contributed by atoms with E-state index in [1.165, 1.54) is 32.7 Å². The van der Waals surface area contributed by atoms with Crippen molar-refractivity contribution in [2.75, 3.05) is 4.90 Å². The van der Waals surface area contributed by atoms with Crippen LogP contribution >= 0.6 is 0 Å². The van der Waals surface area contributed by atoms with Gasteiger partial charge in [-0.25, -0.2) is 0 Å². The molecule has 0 radical (unpaired) electrons. The van der Waals surface area contributed by atoms with Gasteiger partial charge in [0, 0.05) is 27.6 Å². The number of rotatable bonds is 6. The lowest BCUT2D eigenvalue weighted by Crippen LogP contribution is -2.11. The standard InChI is InChI=1S/C46H31NO/c1-2-15-35(16-3-1)45-41-21-9-11-24-44(41)48-46(45)40-20-8-10-22-43(40)47(42-23-12-18-34-14-6-7-19-39(34)42)38-29-27-33(28-30-38)37-26-25-32-13-4-5-17-36(32)31-37/h1-31H. The molecule has 9 aromatic rings. The normalized spacial score (nSPS) is 11.3. The van der Waals surface area contributed by atoms with E-state index in [0.29, 0.717) is 0 Å². The van der Waals surface area contributed by atoms with Crippen LogP contribution in [-0.2, 0) is 0 Å². The molecule has 0 bridgehead atoms. The second kappa shape index (κ2) is 11.8. The molecule has 0 fully saturated rings. The monoisotopic (exact) mass is 613 g/mol. The smallest absolute Gasteiger partial charge is 0.145 e. The Labute approximate surface area is 279 Å². The maximum absolute atomic E-state index is 6.78. The summed E-state index contributed by atoms with van der Waals surface area (Å²) in [6.07, 6.45) is 0. The highest BCUT2D eigenvalue weighted by atomic mass is 16.3. The first-order valence-corrected chi connectivity index (χ1v) is 16.4. The van der Waals surface area contributed by atoms with Crippen LogP contribution in [0.25, 0.3) is 66.1 Å². The molecule has 0 aliphatic heterocycles. The zero-order chi connectivity index (χ0) is 31.9. The van der Waals surface area contributed by atoms with Gasteiger partial charge >= 0.3 is 0 Å². The van der Waals surface area contributed by atoms with Gasteiger partial charge in [0.25, 0.3) is 0 Å². The van der Waals surface area contributed by atoms with Crippen molar-refractivity contribution in [2.45, 2.75) is 0 Å². The van der Waals surface area contributed by atoms with Crippen LogP contribution in [0.2, 0.25) is 0 Å². The SMILES string of the molecule is c1ccc(-c2c(-c3ccccc3N(c3ccc(-c4ccc5ccccc5c4)cc3)c3cccc4ccccc34)oc3ccccc23)cc1. The summed E-state index contributed by atoms with van der Waals surface area (Å²) in [6.45, 7) is 0. The average Bonchev–Trinajstić information content (AvgIpc) is 3.55. The summed E-state index contributed by atoms with van der Waals surface area (Å²) in [5.74, 6) is 0.857. The predicted molar refractivity (Wildman–Crippen MR) is 202 cm³/mol. The molecule has 0 saturated heterocycles. The molecule has 9 rings (SSSR count). The third-order valence-corrected chi connectivity index (χ3v) is 9.26. The zero-order valence-corrected chi connectivity index (χ0v) is 26.3. The number of hydrogen-bond acceptors (Lipinski definition) is 2. The third-order valence-electron chi connectivity index (χ3n) is 9.26. The van der Waals surface area contributed by atoms with Crippen LogP contribution in [0.4, 0.5) is 17.1 Å². The Morgan fingerprint density at radius 1 is 0.375 bits per heavy atom. The molecular formula is C46H31NO. The van der Waals surface area contributed by atoms with Gasteiger partial charge < -0.3 is 9.32 Å². The van der Waals surface area contributed by atoms with E-state index < -0.39 is 0 Å². The highest BCUT2D eigenvalue weighted by Crippen LogP contribution is 2.48. The molecule has 2 nitrogen and oxygen atoms in total. The molecule has 0 amide bonds. The maximum atomic E-state index is 6.78. The van der Waals surface area contributed by atoms with Gasteiger partial charge in [0.15, 0.2) is 0 Å². The quantitative estimate of drug-likeness (QED) is 0.185. The van der Waals surface area contributed by atoms with E-state index in [1.54, 1.807) is 0 Å². The van der Waals surface area contributed by atoms with Crippen LogP contribution in [0.1, 0.15) is 0 Å². The molecule has 48 heavy (non-hydrogen) atoms. The Morgan fingerprint density at radius 3 is 1.85 bits per heavy atom. The number of hydrogen-bond donors (Lipinski definition) is 0. The Balaban J connectivity index is 1.26. The molecule has 0 spiro atoms. The Kier molecular flexibility index (Phi) is 6.84. The Morgan fingerprint density at radius 2 is 1.00 bits per heavy atom. The highest BCUT2D eigenvalue weighted by Gasteiger charge is 2.24.